The van der Waals surface area contributed by atoms with Crippen LogP contribution in [0.2, 0.25) is 0 Å². The molecule has 0 saturated heterocycles. The van der Waals surface area contributed by atoms with Crippen molar-refractivity contribution in [1.29, 1.82) is 0 Å². The summed E-state index contributed by atoms with van der Waals surface area (Å²) in [5.74, 6) is -0.263. The Bertz CT molecular complexity index is 479. The quantitative estimate of drug-likeness (QED) is 0.761. The molecule has 0 atom stereocenters. The van der Waals surface area contributed by atoms with Crippen molar-refractivity contribution in [3.63, 3.8) is 0 Å². The first-order valence-electron chi connectivity index (χ1n) is 4.55. The zero-order valence-electron chi connectivity index (χ0n) is 8.17. The molecule has 0 aliphatic carbocycles. The molecule has 3 heteroatoms. The average molecular weight is 266 g/mol. The summed E-state index contributed by atoms with van der Waals surface area (Å²) in [6, 6.07) is 8.71. The fraction of sp³-hybridized carbons (Fsp3) is 0.0833. The van der Waals surface area contributed by atoms with Crippen LogP contribution in [0.3, 0.4) is 0 Å². The van der Waals surface area contributed by atoms with E-state index in [0.29, 0.717) is 11.3 Å². The molecule has 1 aromatic carbocycles. The lowest BCUT2D eigenvalue weighted by atomic mass is 10.1. The number of pyridine rings is 1. The smallest absolute Gasteiger partial charge is 0.133 e. The first-order chi connectivity index (χ1) is 7.16. The highest BCUT2D eigenvalue weighted by molar-refractivity contribution is 9.10. The van der Waals surface area contributed by atoms with Crippen molar-refractivity contribution in [1.82, 2.24) is 4.98 Å². The largest absolute Gasteiger partial charge is 0.256 e. The van der Waals surface area contributed by atoms with Gasteiger partial charge in [0.1, 0.15) is 5.82 Å². The van der Waals surface area contributed by atoms with Crippen LogP contribution in [0, 0.1) is 12.7 Å². The van der Waals surface area contributed by atoms with E-state index in [1.807, 2.05) is 19.1 Å². The van der Waals surface area contributed by atoms with Crippen molar-refractivity contribution in [2.75, 3.05) is 0 Å². The van der Waals surface area contributed by atoms with Gasteiger partial charge in [-0.3, -0.25) is 4.98 Å². The fourth-order valence-corrected chi connectivity index (χ4v) is 1.66. The summed E-state index contributed by atoms with van der Waals surface area (Å²) in [5, 5.41) is 0. The van der Waals surface area contributed by atoms with Crippen LogP contribution in [0.5, 0.6) is 0 Å². The third kappa shape index (κ3) is 2.23. The molecule has 1 aromatic heterocycles. The Morgan fingerprint density at radius 2 is 2.00 bits per heavy atom. The van der Waals surface area contributed by atoms with Crippen molar-refractivity contribution in [3.05, 3.63) is 52.4 Å². The van der Waals surface area contributed by atoms with Gasteiger partial charge in [-0.15, -0.1) is 0 Å². The van der Waals surface area contributed by atoms with Crippen LogP contribution in [-0.2, 0) is 0 Å². The minimum atomic E-state index is -0.263. The standard InChI is InChI=1S/C12H9BrFN/c1-8-2-5-12(15-7-8)10-4-3-9(13)6-11(10)14/h2-7H,1H3. The number of hydrogen-bond acceptors (Lipinski definition) is 1. The normalized spacial score (nSPS) is 10.3. The minimum Gasteiger partial charge on any atom is -0.256 e. The fourth-order valence-electron chi connectivity index (χ4n) is 1.32. The van der Waals surface area contributed by atoms with Gasteiger partial charge in [-0.25, -0.2) is 4.39 Å². The summed E-state index contributed by atoms with van der Waals surface area (Å²) in [6.07, 6.45) is 1.73. The third-order valence-electron chi connectivity index (χ3n) is 2.12. The van der Waals surface area contributed by atoms with Crippen LogP contribution >= 0.6 is 15.9 Å². The van der Waals surface area contributed by atoms with E-state index in [2.05, 4.69) is 20.9 Å². The van der Waals surface area contributed by atoms with Gasteiger partial charge in [0.05, 0.1) is 5.69 Å². The van der Waals surface area contributed by atoms with Gasteiger partial charge in [0.15, 0.2) is 0 Å². The number of rotatable bonds is 1. The number of aryl methyl sites for hydroxylation is 1. The Hall–Kier alpha value is -1.22. The van der Waals surface area contributed by atoms with E-state index in [0.717, 1.165) is 10.0 Å². The van der Waals surface area contributed by atoms with Gasteiger partial charge in [-0.1, -0.05) is 22.0 Å². The molecule has 1 nitrogen and oxygen atoms in total. The molecular formula is C12H9BrFN. The van der Waals surface area contributed by atoms with Crippen molar-refractivity contribution in [2.45, 2.75) is 6.92 Å². The Morgan fingerprint density at radius 1 is 1.20 bits per heavy atom. The van der Waals surface area contributed by atoms with E-state index in [1.165, 1.54) is 6.07 Å². The molecule has 0 fully saturated rings. The topological polar surface area (TPSA) is 12.9 Å². The van der Waals surface area contributed by atoms with E-state index in [9.17, 15) is 4.39 Å². The van der Waals surface area contributed by atoms with Crippen LogP contribution in [0.4, 0.5) is 4.39 Å². The lowest BCUT2D eigenvalue weighted by Gasteiger charge is -2.03. The Balaban J connectivity index is 2.49. The highest BCUT2D eigenvalue weighted by Crippen LogP contribution is 2.23. The molecule has 1 heterocycles. The van der Waals surface area contributed by atoms with E-state index in [4.69, 9.17) is 0 Å². The van der Waals surface area contributed by atoms with E-state index in [-0.39, 0.29) is 5.82 Å². The summed E-state index contributed by atoms with van der Waals surface area (Å²) in [7, 11) is 0. The number of aromatic nitrogens is 1. The third-order valence-corrected chi connectivity index (χ3v) is 2.61. The molecule has 2 aromatic rings. The molecule has 76 valence electrons. The summed E-state index contributed by atoms with van der Waals surface area (Å²) in [4.78, 5) is 4.18. The monoisotopic (exact) mass is 265 g/mol. The van der Waals surface area contributed by atoms with Crippen molar-refractivity contribution in [2.24, 2.45) is 0 Å². The van der Waals surface area contributed by atoms with E-state index in [1.54, 1.807) is 18.3 Å². The van der Waals surface area contributed by atoms with Gasteiger partial charge in [-0.2, -0.15) is 0 Å². The maximum atomic E-state index is 13.6. The number of hydrogen-bond donors (Lipinski definition) is 0. The number of benzene rings is 1. The Kier molecular flexibility index (Phi) is 2.82. The molecule has 0 bridgehead atoms. The van der Waals surface area contributed by atoms with Gasteiger partial charge in [-0.05, 0) is 36.8 Å². The maximum Gasteiger partial charge on any atom is 0.133 e. The van der Waals surface area contributed by atoms with Crippen LogP contribution in [0.25, 0.3) is 11.3 Å². The molecule has 2 rings (SSSR count). The second-order valence-corrected chi connectivity index (χ2v) is 4.26. The second-order valence-electron chi connectivity index (χ2n) is 3.34. The summed E-state index contributed by atoms with van der Waals surface area (Å²) >= 11 is 3.22. The van der Waals surface area contributed by atoms with E-state index < -0.39 is 0 Å². The predicted octanol–water partition coefficient (Wildman–Crippen LogP) is 3.96. The molecule has 0 amide bonds. The van der Waals surface area contributed by atoms with Gasteiger partial charge in [0, 0.05) is 16.2 Å². The van der Waals surface area contributed by atoms with Crippen LogP contribution in [-0.4, -0.2) is 4.98 Å². The summed E-state index contributed by atoms with van der Waals surface area (Å²) in [5.41, 5.74) is 2.25. The predicted molar refractivity (Wildman–Crippen MR) is 62.1 cm³/mol. The zero-order chi connectivity index (χ0) is 10.8. The minimum absolute atomic E-state index is 0.263. The first-order valence-corrected chi connectivity index (χ1v) is 5.34. The van der Waals surface area contributed by atoms with Crippen LogP contribution < -0.4 is 0 Å². The lowest BCUT2D eigenvalue weighted by Crippen LogP contribution is -1.88. The SMILES string of the molecule is Cc1ccc(-c2ccc(Br)cc2F)nc1. The highest BCUT2D eigenvalue weighted by Gasteiger charge is 2.05. The molecule has 0 radical (unpaired) electrons. The van der Waals surface area contributed by atoms with Crippen molar-refractivity contribution >= 4 is 15.9 Å². The average Bonchev–Trinajstić information content (AvgIpc) is 2.20. The zero-order valence-corrected chi connectivity index (χ0v) is 9.75. The summed E-state index contributed by atoms with van der Waals surface area (Å²) in [6.45, 7) is 1.95. The lowest BCUT2D eigenvalue weighted by molar-refractivity contribution is 0.630. The Morgan fingerprint density at radius 3 is 2.60 bits per heavy atom. The second kappa shape index (κ2) is 4.11. The number of halogens is 2. The van der Waals surface area contributed by atoms with Gasteiger partial charge in [0.2, 0.25) is 0 Å². The molecule has 0 N–H and O–H groups in total. The van der Waals surface area contributed by atoms with Crippen molar-refractivity contribution in [3.8, 4) is 11.3 Å². The first kappa shape index (κ1) is 10.3. The molecule has 0 unspecified atom stereocenters. The molecule has 15 heavy (non-hydrogen) atoms. The van der Waals surface area contributed by atoms with Gasteiger partial charge < -0.3 is 0 Å². The van der Waals surface area contributed by atoms with Crippen molar-refractivity contribution < 1.29 is 4.39 Å². The van der Waals surface area contributed by atoms with E-state index >= 15 is 0 Å². The highest BCUT2D eigenvalue weighted by atomic mass is 79.9. The summed E-state index contributed by atoms with van der Waals surface area (Å²) < 4.78 is 14.3. The molecule has 0 spiro atoms. The molecule has 0 aliphatic rings. The molecule has 0 aliphatic heterocycles. The van der Waals surface area contributed by atoms with Gasteiger partial charge >= 0.3 is 0 Å². The van der Waals surface area contributed by atoms with Crippen LogP contribution in [0.1, 0.15) is 5.56 Å². The maximum absolute atomic E-state index is 13.6. The Labute approximate surface area is 96.1 Å². The molecular weight excluding hydrogens is 257 g/mol. The van der Waals surface area contributed by atoms with Crippen LogP contribution in [0.15, 0.2) is 41.0 Å². The number of nitrogens with zero attached hydrogens (tertiary/aromatic N) is 1. The molecule has 0 saturated carbocycles. The van der Waals surface area contributed by atoms with Gasteiger partial charge in [0.25, 0.3) is 0 Å².